The van der Waals surface area contributed by atoms with Crippen LogP contribution in [0.1, 0.15) is 23.7 Å². The summed E-state index contributed by atoms with van der Waals surface area (Å²) in [6.07, 6.45) is 0.805. The van der Waals surface area contributed by atoms with Gasteiger partial charge >= 0.3 is 0 Å². The lowest BCUT2D eigenvalue weighted by atomic mass is 10.2. The second kappa shape index (κ2) is 7.29. The second-order valence-electron chi connectivity index (χ2n) is 3.52. The number of rotatable bonds is 6. The smallest absolute Gasteiger partial charge is 0.252 e. The van der Waals surface area contributed by atoms with Gasteiger partial charge in [-0.2, -0.15) is 0 Å². The predicted molar refractivity (Wildman–Crippen MR) is 72.0 cm³/mol. The van der Waals surface area contributed by atoms with Crippen LogP contribution in [0.25, 0.3) is 0 Å². The summed E-state index contributed by atoms with van der Waals surface area (Å²) < 4.78 is 5.82. The monoisotopic (exact) mass is 300 g/mol. The first-order chi connectivity index (χ1) is 8.16. The van der Waals surface area contributed by atoms with Crippen LogP contribution >= 0.6 is 15.9 Å². The normalized spacial score (nSPS) is 10.2. The standard InChI is InChI=1S/C12H17BrN2O2/c1-2-17-8-4-7-15-12(16)9-5-3-6-10(14)11(9)13/h3,5-6H,2,4,7-8,14H2,1H3,(H,15,16). The molecule has 1 aromatic rings. The number of ether oxygens (including phenoxy) is 1. The van der Waals surface area contributed by atoms with E-state index in [4.69, 9.17) is 10.5 Å². The van der Waals surface area contributed by atoms with Crippen molar-refractivity contribution < 1.29 is 9.53 Å². The Kier molecular flexibility index (Phi) is 6.00. The summed E-state index contributed by atoms with van der Waals surface area (Å²) in [5, 5.41) is 2.82. The van der Waals surface area contributed by atoms with Gasteiger partial charge in [-0.3, -0.25) is 4.79 Å². The van der Waals surface area contributed by atoms with Gasteiger partial charge < -0.3 is 15.8 Å². The van der Waals surface area contributed by atoms with Crippen LogP contribution in [0.15, 0.2) is 22.7 Å². The molecule has 5 heteroatoms. The van der Waals surface area contributed by atoms with E-state index in [2.05, 4.69) is 21.2 Å². The third kappa shape index (κ3) is 4.36. The molecule has 0 aliphatic carbocycles. The lowest BCUT2D eigenvalue weighted by Gasteiger charge is -2.08. The number of nitrogen functional groups attached to an aromatic ring is 1. The van der Waals surface area contributed by atoms with E-state index in [1.165, 1.54) is 0 Å². The molecule has 0 saturated heterocycles. The van der Waals surface area contributed by atoms with E-state index < -0.39 is 0 Å². The predicted octanol–water partition coefficient (Wildman–Crippen LogP) is 2.19. The Hall–Kier alpha value is -1.07. The number of carbonyl (C=O) groups excluding carboxylic acids is 1. The van der Waals surface area contributed by atoms with E-state index in [1.54, 1.807) is 18.2 Å². The highest BCUT2D eigenvalue weighted by Gasteiger charge is 2.10. The van der Waals surface area contributed by atoms with Crippen LogP contribution in [0.5, 0.6) is 0 Å². The third-order valence-corrected chi connectivity index (χ3v) is 3.11. The molecule has 0 bridgehead atoms. The summed E-state index contributed by atoms with van der Waals surface area (Å²) in [5.74, 6) is -0.124. The Labute approximate surface area is 110 Å². The van der Waals surface area contributed by atoms with Crippen LogP contribution in [0.3, 0.4) is 0 Å². The van der Waals surface area contributed by atoms with E-state index >= 15 is 0 Å². The van der Waals surface area contributed by atoms with Gasteiger partial charge in [0, 0.05) is 25.4 Å². The van der Waals surface area contributed by atoms with Crippen LogP contribution in [-0.2, 0) is 4.74 Å². The van der Waals surface area contributed by atoms with Crippen molar-refractivity contribution in [2.45, 2.75) is 13.3 Å². The van der Waals surface area contributed by atoms with Crippen molar-refractivity contribution in [2.24, 2.45) is 0 Å². The zero-order valence-corrected chi connectivity index (χ0v) is 11.4. The number of amides is 1. The molecule has 1 amide bonds. The molecule has 1 rings (SSSR count). The molecule has 0 aliphatic heterocycles. The van der Waals surface area contributed by atoms with Crippen LogP contribution in [0, 0.1) is 0 Å². The summed E-state index contributed by atoms with van der Waals surface area (Å²) in [6.45, 7) is 3.91. The average molecular weight is 301 g/mol. The zero-order chi connectivity index (χ0) is 12.7. The molecule has 0 heterocycles. The van der Waals surface area contributed by atoms with Gasteiger partial charge in [0.2, 0.25) is 0 Å². The highest BCUT2D eigenvalue weighted by Crippen LogP contribution is 2.23. The first-order valence-corrected chi connectivity index (χ1v) is 6.36. The van der Waals surface area contributed by atoms with Crippen LogP contribution in [-0.4, -0.2) is 25.7 Å². The van der Waals surface area contributed by atoms with Crippen molar-refractivity contribution in [1.29, 1.82) is 0 Å². The zero-order valence-electron chi connectivity index (χ0n) is 9.83. The van der Waals surface area contributed by atoms with Gasteiger partial charge in [-0.15, -0.1) is 0 Å². The van der Waals surface area contributed by atoms with Crippen molar-refractivity contribution in [3.05, 3.63) is 28.2 Å². The molecular formula is C12H17BrN2O2. The van der Waals surface area contributed by atoms with Crippen molar-refractivity contribution in [1.82, 2.24) is 5.32 Å². The van der Waals surface area contributed by atoms with Gasteiger partial charge in [0.25, 0.3) is 5.91 Å². The average Bonchev–Trinajstić information content (AvgIpc) is 2.32. The minimum absolute atomic E-state index is 0.124. The summed E-state index contributed by atoms with van der Waals surface area (Å²) in [7, 11) is 0. The van der Waals surface area contributed by atoms with Gasteiger partial charge in [0.05, 0.1) is 10.0 Å². The van der Waals surface area contributed by atoms with Crippen molar-refractivity contribution in [3.8, 4) is 0 Å². The second-order valence-corrected chi connectivity index (χ2v) is 4.31. The van der Waals surface area contributed by atoms with Crippen molar-refractivity contribution in [3.63, 3.8) is 0 Å². The fourth-order valence-electron chi connectivity index (χ4n) is 1.34. The van der Waals surface area contributed by atoms with E-state index in [0.717, 1.165) is 6.42 Å². The van der Waals surface area contributed by atoms with E-state index in [1.807, 2.05) is 6.92 Å². The minimum atomic E-state index is -0.124. The molecule has 0 radical (unpaired) electrons. The minimum Gasteiger partial charge on any atom is -0.398 e. The largest absolute Gasteiger partial charge is 0.398 e. The quantitative estimate of drug-likeness (QED) is 0.625. The number of benzene rings is 1. The Morgan fingerprint density at radius 3 is 3.00 bits per heavy atom. The number of anilines is 1. The highest BCUT2D eigenvalue weighted by atomic mass is 79.9. The summed E-state index contributed by atoms with van der Waals surface area (Å²) in [6, 6.07) is 5.24. The number of hydrogen-bond donors (Lipinski definition) is 2. The van der Waals surface area contributed by atoms with Crippen LogP contribution in [0.4, 0.5) is 5.69 Å². The Morgan fingerprint density at radius 2 is 2.29 bits per heavy atom. The molecule has 17 heavy (non-hydrogen) atoms. The first-order valence-electron chi connectivity index (χ1n) is 5.56. The summed E-state index contributed by atoms with van der Waals surface area (Å²) >= 11 is 3.30. The topological polar surface area (TPSA) is 64.3 Å². The highest BCUT2D eigenvalue weighted by molar-refractivity contribution is 9.10. The van der Waals surface area contributed by atoms with E-state index in [9.17, 15) is 4.79 Å². The number of halogens is 1. The number of carbonyl (C=O) groups is 1. The molecule has 1 aromatic carbocycles. The van der Waals surface area contributed by atoms with E-state index in [0.29, 0.717) is 35.5 Å². The van der Waals surface area contributed by atoms with Gasteiger partial charge in [0.15, 0.2) is 0 Å². The molecule has 0 aliphatic rings. The van der Waals surface area contributed by atoms with Gasteiger partial charge in [-0.25, -0.2) is 0 Å². The third-order valence-electron chi connectivity index (χ3n) is 2.23. The molecule has 94 valence electrons. The van der Waals surface area contributed by atoms with Crippen LogP contribution < -0.4 is 11.1 Å². The molecule has 0 aromatic heterocycles. The maximum atomic E-state index is 11.8. The van der Waals surface area contributed by atoms with E-state index in [-0.39, 0.29) is 5.91 Å². The Balaban J connectivity index is 2.44. The Morgan fingerprint density at radius 1 is 1.53 bits per heavy atom. The van der Waals surface area contributed by atoms with Crippen LogP contribution in [0.2, 0.25) is 0 Å². The molecule has 0 spiro atoms. The molecule has 0 unspecified atom stereocenters. The fourth-order valence-corrected chi connectivity index (χ4v) is 1.79. The van der Waals surface area contributed by atoms with Crippen molar-refractivity contribution >= 4 is 27.5 Å². The summed E-state index contributed by atoms with van der Waals surface area (Å²) in [4.78, 5) is 11.8. The summed E-state index contributed by atoms with van der Waals surface area (Å²) in [5.41, 5.74) is 6.82. The maximum absolute atomic E-state index is 11.8. The number of nitrogens with two attached hydrogens (primary N) is 1. The SMILES string of the molecule is CCOCCCNC(=O)c1cccc(N)c1Br. The van der Waals surface area contributed by atoms with Gasteiger partial charge in [-0.1, -0.05) is 6.07 Å². The molecular weight excluding hydrogens is 284 g/mol. The lowest BCUT2D eigenvalue weighted by Crippen LogP contribution is -2.25. The number of nitrogens with one attached hydrogen (secondary N) is 1. The van der Waals surface area contributed by atoms with Crippen molar-refractivity contribution in [2.75, 3.05) is 25.5 Å². The molecule has 0 atom stereocenters. The van der Waals surface area contributed by atoms with Gasteiger partial charge in [-0.05, 0) is 41.4 Å². The maximum Gasteiger partial charge on any atom is 0.252 e. The number of hydrogen-bond acceptors (Lipinski definition) is 3. The Bertz CT molecular complexity index is 383. The fraction of sp³-hybridized carbons (Fsp3) is 0.417. The molecule has 4 nitrogen and oxygen atoms in total. The van der Waals surface area contributed by atoms with Gasteiger partial charge in [0.1, 0.15) is 0 Å². The lowest BCUT2D eigenvalue weighted by molar-refractivity contribution is 0.0943. The first kappa shape index (κ1) is 14.0. The molecule has 3 N–H and O–H groups in total. The molecule has 0 fully saturated rings. The molecule has 0 saturated carbocycles.